The third-order valence-electron chi connectivity index (χ3n) is 6.82. The number of benzene rings is 2. The van der Waals surface area contributed by atoms with Gasteiger partial charge < -0.3 is 24.7 Å². The number of fused-ring (bicyclic) bond motifs is 1. The molecule has 2 amide bonds. The van der Waals surface area contributed by atoms with Gasteiger partial charge in [-0.1, -0.05) is 18.2 Å². The molecule has 10 nitrogen and oxygen atoms in total. The molecular weight excluding hydrogens is 506 g/mol. The predicted octanol–water partition coefficient (Wildman–Crippen LogP) is 4.57. The Balaban J connectivity index is 1.27. The molecule has 1 saturated heterocycles. The molecule has 10 heteroatoms. The van der Waals surface area contributed by atoms with Crippen molar-refractivity contribution < 1.29 is 14.3 Å². The van der Waals surface area contributed by atoms with Crippen LogP contribution in [0, 0.1) is 6.92 Å². The Kier molecular flexibility index (Phi) is 6.90. The number of pyridine rings is 1. The van der Waals surface area contributed by atoms with E-state index in [2.05, 4.69) is 20.6 Å². The van der Waals surface area contributed by atoms with Gasteiger partial charge in [0.05, 0.1) is 18.9 Å². The van der Waals surface area contributed by atoms with Crippen molar-refractivity contribution in [1.82, 2.24) is 24.3 Å². The Morgan fingerprint density at radius 2 is 1.75 bits per heavy atom. The summed E-state index contributed by atoms with van der Waals surface area (Å²) >= 11 is 0. The van der Waals surface area contributed by atoms with Crippen LogP contribution in [0.15, 0.2) is 85.5 Å². The average Bonchev–Trinajstić information content (AvgIpc) is 3.48. The molecule has 3 aromatic heterocycles. The largest absolute Gasteiger partial charge is 0.378 e. The van der Waals surface area contributed by atoms with Gasteiger partial charge in [-0.2, -0.15) is 0 Å². The molecule has 4 heterocycles. The Bertz CT molecular complexity index is 1680. The van der Waals surface area contributed by atoms with Crippen molar-refractivity contribution in [3.63, 3.8) is 0 Å². The van der Waals surface area contributed by atoms with Crippen LogP contribution < -0.4 is 10.6 Å². The van der Waals surface area contributed by atoms with Crippen LogP contribution in [-0.2, 0) is 4.74 Å². The number of rotatable bonds is 6. The SMILES string of the molecule is Cc1c(NC(=O)c2ccccn2)cccc1-c1cn2ccnc2c(Nc2ccc(C(=O)N3CCOCC3)cc2)n1. The second-order valence-electron chi connectivity index (χ2n) is 9.39. The summed E-state index contributed by atoms with van der Waals surface area (Å²) in [6, 6.07) is 18.3. The molecule has 0 saturated carbocycles. The molecule has 6 rings (SSSR count). The maximum Gasteiger partial charge on any atom is 0.274 e. The number of aromatic nitrogens is 4. The van der Waals surface area contributed by atoms with Crippen LogP contribution in [0.2, 0.25) is 0 Å². The number of imidazole rings is 1. The molecule has 1 aliphatic heterocycles. The second-order valence-corrected chi connectivity index (χ2v) is 9.39. The summed E-state index contributed by atoms with van der Waals surface area (Å²) in [7, 11) is 0. The molecular formula is C30H27N7O3. The smallest absolute Gasteiger partial charge is 0.274 e. The summed E-state index contributed by atoms with van der Waals surface area (Å²) in [5, 5.41) is 6.32. The highest BCUT2D eigenvalue weighted by Gasteiger charge is 2.19. The van der Waals surface area contributed by atoms with E-state index in [1.807, 2.05) is 66.2 Å². The maximum atomic E-state index is 12.8. The number of carbonyl (C=O) groups is 2. The van der Waals surface area contributed by atoms with Gasteiger partial charge in [-0.15, -0.1) is 0 Å². The van der Waals surface area contributed by atoms with Crippen molar-refractivity contribution in [2.24, 2.45) is 0 Å². The fourth-order valence-electron chi connectivity index (χ4n) is 4.66. The number of nitrogens with zero attached hydrogens (tertiary/aromatic N) is 5. The molecule has 0 radical (unpaired) electrons. The summed E-state index contributed by atoms with van der Waals surface area (Å²) < 4.78 is 7.25. The van der Waals surface area contributed by atoms with E-state index in [9.17, 15) is 9.59 Å². The van der Waals surface area contributed by atoms with Crippen molar-refractivity contribution in [1.29, 1.82) is 0 Å². The van der Waals surface area contributed by atoms with Crippen molar-refractivity contribution >= 4 is 34.7 Å². The lowest BCUT2D eigenvalue weighted by molar-refractivity contribution is 0.0303. The van der Waals surface area contributed by atoms with E-state index < -0.39 is 0 Å². The number of ether oxygens (including phenoxy) is 1. The van der Waals surface area contributed by atoms with E-state index in [4.69, 9.17) is 9.72 Å². The molecule has 40 heavy (non-hydrogen) atoms. The van der Waals surface area contributed by atoms with Crippen LogP contribution in [0.25, 0.3) is 16.9 Å². The fraction of sp³-hybridized carbons (Fsp3) is 0.167. The first-order chi connectivity index (χ1) is 19.6. The van der Waals surface area contributed by atoms with Crippen molar-refractivity contribution in [3.05, 3.63) is 102 Å². The lowest BCUT2D eigenvalue weighted by atomic mass is 10.0. The number of nitrogens with one attached hydrogen (secondary N) is 2. The van der Waals surface area contributed by atoms with E-state index in [1.54, 1.807) is 35.5 Å². The minimum absolute atomic E-state index is 0.00360. The van der Waals surface area contributed by atoms with Gasteiger partial charge >= 0.3 is 0 Å². The van der Waals surface area contributed by atoms with Crippen LogP contribution in [0.3, 0.4) is 0 Å². The van der Waals surface area contributed by atoms with Gasteiger partial charge in [0, 0.05) is 60.4 Å². The fourth-order valence-corrected chi connectivity index (χ4v) is 4.66. The zero-order chi connectivity index (χ0) is 27.5. The Morgan fingerprint density at radius 3 is 2.52 bits per heavy atom. The maximum absolute atomic E-state index is 12.8. The minimum atomic E-state index is -0.281. The van der Waals surface area contributed by atoms with Crippen molar-refractivity contribution in [3.8, 4) is 11.3 Å². The molecule has 1 fully saturated rings. The number of hydrogen-bond acceptors (Lipinski definition) is 7. The van der Waals surface area contributed by atoms with Gasteiger partial charge in [0.25, 0.3) is 11.8 Å². The highest BCUT2D eigenvalue weighted by Crippen LogP contribution is 2.30. The van der Waals surface area contributed by atoms with Crippen molar-refractivity contribution in [2.75, 3.05) is 36.9 Å². The Morgan fingerprint density at radius 1 is 0.925 bits per heavy atom. The first-order valence-electron chi connectivity index (χ1n) is 13.0. The van der Waals surface area contributed by atoms with Gasteiger partial charge in [-0.05, 0) is 55.0 Å². The first kappa shape index (κ1) is 25.2. The van der Waals surface area contributed by atoms with Crippen LogP contribution in [0.4, 0.5) is 17.2 Å². The summed E-state index contributed by atoms with van der Waals surface area (Å²) in [5.74, 6) is 0.282. The van der Waals surface area contributed by atoms with Gasteiger partial charge in [0.15, 0.2) is 11.5 Å². The van der Waals surface area contributed by atoms with Crippen LogP contribution in [0.5, 0.6) is 0 Å². The van der Waals surface area contributed by atoms with E-state index in [1.165, 1.54) is 0 Å². The second kappa shape index (κ2) is 11.0. The van der Waals surface area contributed by atoms with Crippen LogP contribution >= 0.6 is 0 Å². The zero-order valence-electron chi connectivity index (χ0n) is 21.9. The van der Waals surface area contributed by atoms with E-state index in [0.717, 1.165) is 16.8 Å². The summed E-state index contributed by atoms with van der Waals surface area (Å²) in [6.07, 6.45) is 7.07. The lowest BCUT2D eigenvalue weighted by Gasteiger charge is -2.26. The third kappa shape index (κ3) is 5.12. The standard InChI is InChI=1S/C30H27N7O3/c1-20-23(5-4-7-24(20)35-29(38)25-6-2-3-12-31-25)26-19-37-14-13-32-28(37)27(34-26)33-22-10-8-21(9-11-22)30(39)36-15-17-40-18-16-36/h2-14,19H,15-18H2,1H3,(H,33,34)(H,35,38). The van der Waals surface area contributed by atoms with Gasteiger partial charge in [0.1, 0.15) is 5.69 Å². The van der Waals surface area contributed by atoms with E-state index in [0.29, 0.717) is 60.4 Å². The average molecular weight is 534 g/mol. The number of carbonyl (C=O) groups excluding carboxylic acids is 2. The highest BCUT2D eigenvalue weighted by molar-refractivity contribution is 6.03. The lowest BCUT2D eigenvalue weighted by Crippen LogP contribution is -2.40. The number of hydrogen-bond donors (Lipinski definition) is 2. The number of morpholine rings is 1. The monoisotopic (exact) mass is 533 g/mol. The molecule has 0 aliphatic carbocycles. The summed E-state index contributed by atoms with van der Waals surface area (Å²) in [5.41, 5.74) is 5.53. The molecule has 0 unspecified atom stereocenters. The molecule has 2 N–H and O–H groups in total. The summed E-state index contributed by atoms with van der Waals surface area (Å²) in [4.78, 5) is 40.9. The molecule has 200 valence electrons. The van der Waals surface area contributed by atoms with Crippen LogP contribution in [-0.4, -0.2) is 62.4 Å². The van der Waals surface area contributed by atoms with E-state index in [-0.39, 0.29) is 11.8 Å². The van der Waals surface area contributed by atoms with E-state index >= 15 is 0 Å². The van der Waals surface area contributed by atoms with Gasteiger partial charge in [-0.25, -0.2) is 9.97 Å². The quantitative estimate of drug-likeness (QED) is 0.329. The molecule has 0 atom stereocenters. The number of anilines is 3. The number of amides is 2. The summed E-state index contributed by atoms with van der Waals surface area (Å²) in [6.45, 7) is 4.27. The molecule has 0 bridgehead atoms. The molecule has 5 aromatic rings. The van der Waals surface area contributed by atoms with Gasteiger partial charge in [-0.3, -0.25) is 14.6 Å². The minimum Gasteiger partial charge on any atom is -0.378 e. The highest BCUT2D eigenvalue weighted by atomic mass is 16.5. The zero-order valence-corrected chi connectivity index (χ0v) is 21.9. The molecule has 1 aliphatic rings. The first-order valence-corrected chi connectivity index (χ1v) is 13.0. The van der Waals surface area contributed by atoms with Crippen LogP contribution in [0.1, 0.15) is 26.4 Å². The third-order valence-corrected chi connectivity index (χ3v) is 6.82. The molecule has 2 aromatic carbocycles. The predicted molar refractivity (Wildman–Crippen MR) is 152 cm³/mol. The topological polar surface area (TPSA) is 114 Å². The molecule has 0 spiro atoms. The normalized spacial score (nSPS) is 13.3. The van der Waals surface area contributed by atoms with Crippen molar-refractivity contribution in [2.45, 2.75) is 6.92 Å². The Labute approximate surface area is 230 Å². The Hall–Kier alpha value is -5.09. The van der Waals surface area contributed by atoms with Gasteiger partial charge in [0.2, 0.25) is 0 Å².